The van der Waals surface area contributed by atoms with Crippen LogP contribution in [0.5, 0.6) is 0 Å². The predicted octanol–water partition coefficient (Wildman–Crippen LogP) is 5.61. The lowest BCUT2D eigenvalue weighted by molar-refractivity contribution is 0.315. The molecule has 3 aliphatic rings. The van der Waals surface area contributed by atoms with E-state index in [2.05, 4.69) is 72.7 Å². The van der Waals surface area contributed by atoms with Crippen molar-refractivity contribution in [1.82, 2.24) is 0 Å². The largest absolute Gasteiger partial charge is 0.488 e. The average molecular weight is 842 g/mol. The first-order valence-electron chi connectivity index (χ1n) is 23.0. The molecule has 0 aliphatic heterocycles. The molecule has 322 valence electrons. The van der Waals surface area contributed by atoms with E-state index in [9.17, 15) is 40.2 Å². The Balaban J connectivity index is 1.43. The topological polar surface area (TPSA) is 162 Å². The van der Waals surface area contributed by atoms with Gasteiger partial charge in [-0.3, -0.25) is 0 Å². The molecule has 0 heterocycles. The smallest absolute Gasteiger partial charge is 0.423 e. The van der Waals surface area contributed by atoms with Gasteiger partial charge in [-0.25, -0.2) is 0 Å². The summed E-state index contributed by atoms with van der Waals surface area (Å²) in [6, 6.07) is 24.1. The van der Waals surface area contributed by atoms with E-state index in [-0.39, 0.29) is 0 Å². The Morgan fingerprint density at radius 3 is 0.857 bits per heavy atom. The second kappa shape index (κ2) is 16.0. The van der Waals surface area contributed by atoms with Crippen LogP contribution in [0.15, 0.2) is 72.8 Å². The van der Waals surface area contributed by atoms with Crippen molar-refractivity contribution in [2.24, 2.45) is 17.8 Å². The molecule has 0 saturated carbocycles. The Kier molecular flexibility index (Phi) is 11.2. The Hall–Kier alpha value is -4.22. The van der Waals surface area contributed by atoms with Crippen LogP contribution in [0.25, 0.3) is 66.1 Å². The molecule has 12 heteroatoms. The summed E-state index contributed by atoms with van der Waals surface area (Å²) in [5.41, 5.74) is 13.1. The lowest BCUT2D eigenvalue weighted by Crippen LogP contribution is -2.43. The van der Waals surface area contributed by atoms with E-state index in [0.29, 0.717) is 50.4 Å². The molecule has 0 aromatic heterocycles. The van der Waals surface area contributed by atoms with Crippen LogP contribution >= 0.6 is 0 Å². The van der Waals surface area contributed by atoms with Gasteiger partial charge in [0.05, 0.1) is 0 Å². The van der Waals surface area contributed by atoms with Gasteiger partial charge in [0, 0.05) is 10.8 Å². The number of rotatable bonds is 14. The van der Waals surface area contributed by atoms with Crippen molar-refractivity contribution in [2.75, 3.05) is 0 Å². The van der Waals surface area contributed by atoms with Crippen molar-refractivity contribution in [3.63, 3.8) is 0 Å². The van der Waals surface area contributed by atoms with Crippen molar-refractivity contribution >= 4 is 71.9 Å². The number of benzene rings is 6. The summed E-state index contributed by atoms with van der Waals surface area (Å²) in [5.74, 6) is 1.25. The van der Waals surface area contributed by atoms with Crippen LogP contribution in [0.4, 0.5) is 0 Å². The Morgan fingerprint density at radius 2 is 0.619 bits per heavy atom. The third kappa shape index (κ3) is 6.95. The van der Waals surface area contributed by atoms with E-state index in [0.717, 1.165) is 100 Å². The van der Waals surface area contributed by atoms with Gasteiger partial charge in [-0.1, -0.05) is 97.0 Å². The Morgan fingerprint density at radius 1 is 0.365 bits per heavy atom. The first kappa shape index (κ1) is 44.0. The van der Waals surface area contributed by atoms with Gasteiger partial charge in [-0.15, -0.1) is 0 Å². The molecule has 6 aromatic carbocycles. The van der Waals surface area contributed by atoms with Crippen LogP contribution in [0.3, 0.4) is 0 Å². The highest BCUT2D eigenvalue weighted by molar-refractivity contribution is 6.61. The fourth-order valence-electron chi connectivity index (χ4n) is 11.6. The van der Waals surface area contributed by atoms with E-state index >= 15 is 0 Å². The maximum absolute atomic E-state index is 10.6. The zero-order valence-electron chi connectivity index (χ0n) is 37.5. The summed E-state index contributed by atoms with van der Waals surface area (Å²) >= 11 is 0. The Labute approximate surface area is 372 Å². The molecule has 6 aromatic rings. The van der Waals surface area contributed by atoms with Gasteiger partial charge in [0.15, 0.2) is 0 Å². The van der Waals surface area contributed by atoms with Crippen LogP contribution < -0.4 is 21.9 Å². The van der Waals surface area contributed by atoms with E-state index < -0.39 is 39.3 Å². The summed E-state index contributed by atoms with van der Waals surface area (Å²) in [7, 11) is -6.87. The highest BCUT2D eigenvalue weighted by Crippen LogP contribution is 2.62. The van der Waals surface area contributed by atoms with Crippen LogP contribution in [0.1, 0.15) is 116 Å². The molecule has 9 rings (SSSR count). The summed E-state index contributed by atoms with van der Waals surface area (Å²) in [5, 5.41) is 87.8. The van der Waals surface area contributed by atoms with Crippen LogP contribution in [0.2, 0.25) is 0 Å². The maximum Gasteiger partial charge on any atom is 0.488 e. The average Bonchev–Trinajstić information content (AvgIpc) is 3.72. The van der Waals surface area contributed by atoms with Gasteiger partial charge in [-0.05, 0) is 197 Å². The second-order valence-corrected chi connectivity index (χ2v) is 20.2. The molecular weight excluding hydrogens is 784 g/mol. The molecule has 8 N–H and O–H groups in total. The summed E-state index contributed by atoms with van der Waals surface area (Å²) in [4.78, 5) is 0. The molecule has 0 fully saturated rings. The highest BCUT2D eigenvalue weighted by atomic mass is 16.4. The minimum atomic E-state index is -1.72. The number of fused-ring (bicyclic) bond motifs is 8. The molecule has 0 bridgehead atoms. The zero-order valence-corrected chi connectivity index (χ0v) is 37.5. The summed E-state index contributed by atoms with van der Waals surface area (Å²) in [6.45, 7) is 16.0. The van der Waals surface area contributed by atoms with Crippen molar-refractivity contribution in [2.45, 2.75) is 104 Å². The molecule has 0 spiro atoms. The lowest BCUT2D eigenvalue weighted by atomic mass is 9.52. The highest BCUT2D eigenvalue weighted by Gasteiger charge is 2.51. The van der Waals surface area contributed by atoms with Gasteiger partial charge in [-0.2, -0.15) is 0 Å². The molecule has 0 atom stereocenters. The molecule has 0 saturated heterocycles. The third-order valence-corrected chi connectivity index (χ3v) is 15.0. The normalized spacial score (nSPS) is 14.8. The lowest BCUT2D eigenvalue weighted by Gasteiger charge is -2.51. The molecule has 0 amide bonds. The first-order chi connectivity index (χ1) is 29.9. The quantitative estimate of drug-likeness (QED) is 0.0656. The molecule has 3 aliphatic carbocycles. The monoisotopic (exact) mass is 842 g/mol. The van der Waals surface area contributed by atoms with E-state index in [1.165, 1.54) is 22.3 Å². The molecule has 8 nitrogen and oxygen atoms in total. The van der Waals surface area contributed by atoms with E-state index in [1.807, 2.05) is 24.3 Å². The minimum Gasteiger partial charge on any atom is -0.423 e. The number of hydrogen-bond acceptors (Lipinski definition) is 8. The van der Waals surface area contributed by atoms with Gasteiger partial charge in [0.1, 0.15) is 0 Å². The number of hydrogen-bond donors (Lipinski definition) is 8. The molecule has 0 radical (unpaired) electrons. The fourth-order valence-corrected chi connectivity index (χ4v) is 11.6. The fraction of sp³-hybridized carbons (Fsp3) is 0.373. The van der Waals surface area contributed by atoms with Crippen molar-refractivity contribution in [1.29, 1.82) is 0 Å². The van der Waals surface area contributed by atoms with Crippen LogP contribution in [0, 0.1) is 17.8 Å². The molecular formula is C51H58B4O8. The summed E-state index contributed by atoms with van der Waals surface area (Å²) < 4.78 is 0. The first-order valence-corrected chi connectivity index (χ1v) is 23.0. The van der Waals surface area contributed by atoms with Crippen LogP contribution in [-0.4, -0.2) is 68.7 Å². The maximum atomic E-state index is 10.6. The van der Waals surface area contributed by atoms with Gasteiger partial charge in [0.25, 0.3) is 0 Å². The van der Waals surface area contributed by atoms with E-state index in [1.54, 1.807) is 24.3 Å². The van der Waals surface area contributed by atoms with E-state index in [4.69, 9.17) is 0 Å². The Bertz CT molecular complexity index is 2620. The van der Waals surface area contributed by atoms with Gasteiger partial charge >= 0.3 is 28.5 Å². The summed E-state index contributed by atoms with van der Waals surface area (Å²) in [6.07, 6.45) is 6.36. The SMILES string of the molecule is CCC1(CCC(C)C)c2cc3c(cc2C(CCC(C)C)(CCC(C)C)c2cc4c(cc21)-c1cc(B(O)O)cc2cc(B(O)O)cc-4c12)-c1cc(B(O)O)cc2cc(B(O)O)cc-3c12. The zero-order chi connectivity index (χ0) is 45.0. The molecule has 0 unspecified atom stereocenters. The third-order valence-electron chi connectivity index (χ3n) is 15.0. The van der Waals surface area contributed by atoms with Crippen LogP contribution in [-0.2, 0) is 10.8 Å². The second-order valence-electron chi connectivity index (χ2n) is 20.2. The standard InChI is InChI=1S/C51H58B4O8/c1-8-50(12-9-27(2)3)44-23-36-38(42-21-34(54(60)61)17-30-15-32(52(56)57)19-40(36)48(30)42)25-46(44)51(13-10-28(4)5,14-11-29(6)7)47-26-39-37(24-45(47)50)41-20-33(53(58)59)16-31-18-35(55(62)63)22-43(39)49(31)41/h15-29,56-63H,8-14H2,1-7H3. The van der Waals surface area contributed by atoms with Gasteiger partial charge in [0.2, 0.25) is 0 Å². The minimum absolute atomic E-state index is 0.335. The van der Waals surface area contributed by atoms with Gasteiger partial charge < -0.3 is 40.2 Å². The molecule has 63 heavy (non-hydrogen) atoms. The van der Waals surface area contributed by atoms with Crippen molar-refractivity contribution in [3.05, 3.63) is 95.1 Å². The predicted molar refractivity (Wildman–Crippen MR) is 260 cm³/mol. The van der Waals surface area contributed by atoms with Crippen molar-refractivity contribution in [3.8, 4) is 44.5 Å². The van der Waals surface area contributed by atoms with Crippen molar-refractivity contribution < 1.29 is 40.2 Å².